The van der Waals surface area contributed by atoms with Crippen molar-refractivity contribution in [3.05, 3.63) is 0 Å². The fourth-order valence-corrected chi connectivity index (χ4v) is 4.35. The average Bonchev–Trinajstić information content (AvgIpc) is 2.98. The summed E-state index contributed by atoms with van der Waals surface area (Å²) < 4.78 is 5.44. The van der Waals surface area contributed by atoms with Crippen molar-refractivity contribution in [2.24, 2.45) is 16.3 Å². The lowest BCUT2D eigenvalue weighted by molar-refractivity contribution is -0.125. The molecule has 166 valence electrons. The van der Waals surface area contributed by atoms with E-state index in [1.165, 1.54) is 0 Å². The van der Waals surface area contributed by atoms with E-state index in [1.807, 2.05) is 13.8 Å². The molecule has 0 aromatic rings. The highest BCUT2D eigenvalue weighted by Gasteiger charge is 2.48. The van der Waals surface area contributed by atoms with Crippen LogP contribution in [-0.4, -0.2) is 79.4 Å². The van der Waals surface area contributed by atoms with Gasteiger partial charge in [0.05, 0.1) is 13.2 Å². The number of aliphatic hydroxyl groups excluding tert-OH is 1. The first-order valence-electron chi connectivity index (χ1n) is 10.3. The molecule has 3 heterocycles. The summed E-state index contributed by atoms with van der Waals surface area (Å²) in [6.45, 7) is 8.19. The molecule has 3 amide bonds. The first kappa shape index (κ1) is 24.1. The number of likely N-dealkylation sites (tertiary alicyclic amines) is 1. The lowest BCUT2D eigenvalue weighted by Crippen LogP contribution is -2.55. The van der Waals surface area contributed by atoms with E-state index < -0.39 is 11.6 Å². The number of aliphatic imine (C=N–C) groups is 1. The van der Waals surface area contributed by atoms with E-state index in [0.717, 1.165) is 51.3 Å². The third-order valence-corrected chi connectivity index (χ3v) is 6.47. The highest BCUT2D eigenvalue weighted by atomic mass is 127. The van der Waals surface area contributed by atoms with Crippen LogP contribution >= 0.6 is 24.0 Å². The Hall–Kier alpha value is -1.14. The molecular formula is C19H34IN5O4. The number of imide groups is 1. The number of hydrogen-bond acceptors (Lipinski definition) is 5. The third kappa shape index (κ3) is 5.32. The Morgan fingerprint density at radius 3 is 2.48 bits per heavy atom. The minimum atomic E-state index is -0.832. The zero-order valence-electron chi connectivity index (χ0n) is 17.3. The van der Waals surface area contributed by atoms with Gasteiger partial charge >= 0.3 is 6.03 Å². The summed E-state index contributed by atoms with van der Waals surface area (Å²) in [5, 5.41) is 18.4. The van der Waals surface area contributed by atoms with Crippen LogP contribution in [0, 0.1) is 11.3 Å². The smallest absolute Gasteiger partial charge is 0.322 e. The molecule has 0 saturated carbocycles. The van der Waals surface area contributed by atoms with Gasteiger partial charge in [-0.25, -0.2) is 4.79 Å². The molecule has 3 rings (SSSR count). The van der Waals surface area contributed by atoms with Crippen molar-refractivity contribution in [3.63, 3.8) is 0 Å². The number of urea groups is 1. The van der Waals surface area contributed by atoms with Crippen LogP contribution < -0.4 is 16.0 Å². The summed E-state index contributed by atoms with van der Waals surface area (Å²) >= 11 is 0. The number of rotatable bonds is 5. The van der Waals surface area contributed by atoms with Crippen LogP contribution in [0.5, 0.6) is 0 Å². The summed E-state index contributed by atoms with van der Waals surface area (Å²) in [6.07, 6.45) is 3.24. The molecule has 3 saturated heterocycles. The van der Waals surface area contributed by atoms with Crippen molar-refractivity contribution in [2.45, 2.75) is 45.1 Å². The zero-order chi connectivity index (χ0) is 20.2. The summed E-state index contributed by atoms with van der Waals surface area (Å²) in [5.74, 6) is 0.712. The van der Waals surface area contributed by atoms with E-state index in [4.69, 9.17) is 9.73 Å². The van der Waals surface area contributed by atoms with Crippen LogP contribution in [0.1, 0.15) is 39.5 Å². The molecule has 0 bridgehead atoms. The molecule has 3 fully saturated rings. The molecule has 29 heavy (non-hydrogen) atoms. The Balaban J connectivity index is 0.00000300. The van der Waals surface area contributed by atoms with Crippen LogP contribution in [0.3, 0.4) is 0 Å². The Morgan fingerprint density at radius 1 is 1.31 bits per heavy atom. The fourth-order valence-electron chi connectivity index (χ4n) is 4.35. The van der Waals surface area contributed by atoms with Gasteiger partial charge in [-0.15, -0.1) is 24.0 Å². The summed E-state index contributed by atoms with van der Waals surface area (Å²) in [4.78, 5) is 30.8. The molecule has 1 atom stereocenters. The van der Waals surface area contributed by atoms with E-state index in [1.54, 1.807) is 0 Å². The number of carbonyl (C=O) groups excluding carboxylic acids is 2. The molecule has 0 spiro atoms. The molecule has 3 aliphatic rings. The number of carbonyl (C=O) groups is 2. The van der Waals surface area contributed by atoms with Crippen LogP contribution in [-0.2, 0) is 9.53 Å². The first-order valence-corrected chi connectivity index (χ1v) is 10.3. The highest BCUT2D eigenvalue weighted by Crippen LogP contribution is 2.32. The van der Waals surface area contributed by atoms with Crippen LogP contribution in [0.2, 0.25) is 0 Å². The second kappa shape index (κ2) is 10.3. The normalized spacial score (nSPS) is 27.8. The maximum absolute atomic E-state index is 12.2. The molecular weight excluding hydrogens is 489 g/mol. The number of nitrogens with zero attached hydrogens (tertiary/aromatic N) is 2. The Labute approximate surface area is 189 Å². The summed E-state index contributed by atoms with van der Waals surface area (Å²) in [5.41, 5.74) is -1.03. The lowest BCUT2D eigenvalue weighted by atomic mass is 9.79. The molecule has 0 aliphatic carbocycles. The monoisotopic (exact) mass is 523 g/mol. The number of halogens is 1. The number of nitrogens with one attached hydrogen (secondary N) is 3. The number of piperidine rings is 1. The zero-order valence-corrected chi connectivity index (χ0v) is 19.7. The molecule has 9 nitrogen and oxygen atoms in total. The van der Waals surface area contributed by atoms with Crippen molar-refractivity contribution < 1.29 is 19.4 Å². The number of guanidine groups is 1. The molecule has 0 aromatic carbocycles. The Morgan fingerprint density at radius 2 is 1.97 bits per heavy atom. The van der Waals surface area contributed by atoms with Crippen molar-refractivity contribution in [1.29, 1.82) is 0 Å². The van der Waals surface area contributed by atoms with Crippen molar-refractivity contribution in [3.8, 4) is 0 Å². The van der Waals surface area contributed by atoms with Gasteiger partial charge in [0.15, 0.2) is 5.96 Å². The van der Waals surface area contributed by atoms with Crippen LogP contribution in [0.4, 0.5) is 4.79 Å². The predicted octanol–water partition coefficient (Wildman–Crippen LogP) is 0.669. The maximum atomic E-state index is 12.2. The maximum Gasteiger partial charge on any atom is 0.322 e. The molecule has 4 N–H and O–H groups in total. The number of hydrogen-bond donors (Lipinski definition) is 4. The van der Waals surface area contributed by atoms with Gasteiger partial charge in [0.1, 0.15) is 5.54 Å². The van der Waals surface area contributed by atoms with E-state index in [2.05, 4.69) is 20.9 Å². The first-order chi connectivity index (χ1) is 13.4. The van der Waals surface area contributed by atoms with Gasteiger partial charge in [-0.3, -0.25) is 15.1 Å². The lowest BCUT2D eigenvalue weighted by Gasteiger charge is -2.40. The minimum absolute atomic E-state index is 0. The van der Waals surface area contributed by atoms with Crippen molar-refractivity contribution in [2.75, 3.05) is 46.0 Å². The molecule has 0 aromatic heterocycles. The number of aliphatic hydroxyl groups is 1. The quantitative estimate of drug-likeness (QED) is 0.182. The summed E-state index contributed by atoms with van der Waals surface area (Å²) in [6, 6.07) is -0.407. The Bertz CT molecular complexity index is 618. The fraction of sp³-hybridized carbons (Fsp3) is 0.842. The second-order valence-electron chi connectivity index (χ2n) is 8.31. The van der Waals surface area contributed by atoms with Gasteiger partial charge in [-0.1, -0.05) is 0 Å². The van der Waals surface area contributed by atoms with E-state index >= 15 is 0 Å². The minimum Gasteiger partial charge on any atom is -0.396 e. The standard InChI is InChI=1S/C19H33N5O4.HI/c1-3-20-16(21-12-19(13-25)6-10-28-11-7-19)24-8-4-14(5-9-24)18(2)15(26)22-17(27)23-18;/h14,25H,3-13H2,1-2H3,(H,20,21)(H2,22,23,26,27);1H. The van der Waals surface area contributed by atoms with Crippen LogP contribution in [0.15, 0.2) is 4.99 Å². The third-order valence-electron chi connectivity index (χ3n) is 6.47. The number of amides is 3. The van der Waals surface area contributed by atoms with Gasteiger partial charge in [0, 0.05) is 38.3 Å². The molecule has 3 aliphatic heterocycles. The largest absolute Gasteiger partial charge is 0.396 e. The van der Waals surface area contributed by atoms with Gasteiger partial charge in [-0.2, -0.15) is 0 Å². The molecule has 1 unspecified atom stereocenters. The van der Waals surface area contributed by atoms with Gasteiger partial charge < -0.3 is 25.4 Å². The van der Waals surface area contributed by atoms with Gasteiger partial charge in [-0.05, 0) is 45.4 Å². The van der Waals surface area contributed by atoms with Gasteiger partial charge in [0.25, 0.3) is 5.91 Å². The van der Waals surface area contributed by atoms with Crippen molar-refractivity contribution >= 4 is 41.9 Å². The van der Waals surface area contributed by atoms with Crippen LogP contribution in [0.25, 0.3) is 0 Å². The second-order valence-corrected chi connectivity index (χ2v) is 8.31. The Kier molecular flexibility index (Phi) is 8.53. The van der Waals surface area contributed by atoms with E-state index in [9.17, 15) is 14.7 Å². The predicted molar refractivity (Wildman–Crippen MR) is 120 cm³/mol. The topological polar surface area (TPSA) is 115 Å². The summed E-state index contributed by atoms with van der Waals surface area (Å²) in [7, 11) is 0. The average molecular weight is 523 g/mol. The molecule has 10 heteroatoms. The molecule has 0 radical (unpaired) electrons. The SMILES string of the molecule is CCNC(=NCC1(CO)CCOCC1)N1CCC(C2(C)NC(=O)NC2=O)CC1.I. The van der Waals surface area contributed by atoms with E-state index in [-0.39, 0.29) is 47.8 Å². The number of ether oxygens (including phenoxy) is 1. The van der Waals surface area contributed by atoms with E-state index in [0.29, 0.717) is 19.8 Å². The van der Waals surface area contributed by atoms with Gasteiger partial charge in [0.2, 0.25) is 0 Å². The van der Waals surface area contributed by atoms with Crippen molar-refractivity contribution in [1.82, 2.24) is 20.9 Å². The highest BCUT2D eigenvalue weighted by molar-refractivity contribution is 14.0.